The van der Waals surface area contributed by atoms with E-state index in [1.807, 2.05) is 18.2 Å². The van der Waals surface area contributed by atoms with E-state index in [2.05, 4.69) is 66.9 Å². The molecule has 26 heavy (non-hydrogen) atoms. The van der Waals surface area contributed by atoms with Crippen LogP contribution in [0.5, 0.6) is 0 Å². The number of rotatable bonds is 0. The van der Waals surface area contributed by atoms with Crippen LogP contribution < -0.4 is 0 Å². The van der Waals surface area contributed by atoms with Crippen LogP contribution in [0.15, 0.2) is 52.6 Å². The molecule has 0 heterocycles. The van der Waals surface area contributed by atoms with Gasteiger partial charge in [0.2, 0.25) is 0 Å². The Bertz CT molecular complexity index is 917. The highest BCUT2D eigenvalue weighted by atomic mass is 28.3. The molecule has 0 saturated heterocycles. The van der Waals surface area contributed by atoms with Gasteiger partial charge < -0.3 is 0 Å². The van der Waals surface area contributed by atoms with Crippen LogP contribution in [0.2, 0.25) is 19.6 Å². The van der Waals surface area contributed by atoms with E-state index < -0.39 is 8.07 Å². The zero-order valence-electron chi connectivity index (χ0n) is 16.1. The molecule has 3 rings (SSSR count). The Balaban J connectivity index is 1.83. The molecule has 0 aromatic heterocycles. The average Bonchev–Trinajstić information content (AvgIpc) is 3.25. The van der Waals surface area contributed by atoms with E-state index in [0.717, 1.165) is 31.2 Å². The SMILES string of the molecule is C[Si](C)(C)C#CC1=C(C#CC2=C(C#Cc3ccccc3)CCC2)CCC1. The first-order chi connectivity index (χ1) is 12.5. The summed E-state index contributed by atoms with van der Waals surface area (Å²) in [4.78, 5) is 0. The summed E-state index contributed by atoms with van der Waals surface area (Å²) in [6, 6.07) is 10.2. The van der Waals surface area contributed by atoms with E-state index in [0.29, 0.717) is 0 Å². The average molecular weight is 355 g/mol. The van der Waals surface area contributed by atoms with Crippen LogP contribution in [0.3, 0.4) is 0 Å². The van der Waals surface area contributed by atoms with Gasteiger partial charge in [-0.25, -0.2) is 0 Å². The molecule has 0 bridgehead atoms. The summed E-state index contributed by atoms with van der Waals surface area (Å²) >= 11 is 0. The van der Waals surface area contributed by atoms with Gasteiger partial charge in [-0.1, -0.05) is 67.4 Å². The van der Waals surface area contributed by atoms with Gasteiger partial charge in [-0.2, -0.15) is 0 Å². The van der Waals surface area contributed by atoms with Crippen molar-refractivity contribution in [1.82, 2.24) is 0 Å². The maximum atomic E-state index is 3.50. The Labute approximate surface area is 159 Å². The number of allylic oxidation sites excluding steroid dienone is 4. The van der Waals surface area contributed by atoms with Gasteiger partial charge in [-0.05, 0) is 50.7 Å². The molecule has 2 aliphatic rings. The van der Waals surface area contributed by atoms with Crippen molar-refractivity contribution < 1.29 is 0 Å². The Morgan fingerprint density at radius 2 is 1.08 bits per heavy atom. The minimum absolute atomic E-state index is 1.06. The predicted octanol–water partition coefficient (Wildman–Crippen LogP) is 5.88. The normalized spacial score (nSPS) is 16.4. The minimum atomic E-state index is -1.33. The van der Waals surface area contributed by atoms with Crippen LogP contribution >= 0.6 is 0 Å². The summed E-state index contributed by atoms with van der Waals surface area (Å²) in [6.45, 7) is 6.88. The molecule has 130 valence electrons. The standard InChI is InChI=1S/C25H26Si/c1-26(2,3)20-19-25-14-8-13-24(25)18-17-23-12-7-11-22(23)16-15-21-9-5-4-6-10-21/h4-6,9-10H,7-8,11-14H2,1-3H3. The molecule has 0 N–H and O–H groups in total. The monoisotopic (exact) mass is 354 g/mol. The molecule has 0 nitrogen and oxygen atoms in total. The molecule has 0 fully saturated rings. The van der Waals surface area contributed by atoms with Crippen molar-refractivity contribution in [2.24, 2.45) is 0 Å². The van der Waals surface area contributed by atoms with Crippen LogP contribution in [-0.2, 0) is 0 Å². The first-order valence-corrected chi connectivity index (χ1v) is 13.1. The highest BCUT2D eigenvalue weighted by molar-refractivity contribution is 6.83. The predicted molar refractivity (Wildman–Crippen MR) is 114 cm³/mol. The number of benzene rings is 1. The van der Waals surface area contributed by atoms with Gasteiger partial charge in [0, 0.05) is 27.9 Å². The minimum Gasteiger partial charge on any atom is -0.127 e. The molecule has 0 aliphatic heterocycles. The Kier molecular flexibility index (Phi) is 5.88. The second-order valence-corrected chi connectivity index (χ2v) is 12.7. The molecule has 0 unspecified atom stereocenters. The molecule has 0 saturated carbocycles. The van der Waals surface area contributed by atoms with Crippen molar-refractivity contribution in [2.75, 3.05) is 0 Å². The van der Waals surface area contributed by atoms with E-state index in [1.54, 1.807) is 0 Å². The van der Waals surface area contributed by atoms with Gasteiger partial charge in [0.15, 0.2) is 0 Å². The summed E-state index contributed by atoms with van der Waals surface area (Å²) < 4.78 is 0. The van der Waals surface area contributed by atoms with Crippen molar-refractivity contribution in [3.05, 3.63) is 58.2 Å². The Hall–Kier alpha value is -2.40. The zero-order chi connectivity index (χ0) is 18.4. The van der Waals surface area contributed by atoms with E-state index in [9.17, 15) is 0 Å². The molecular weight excluding hydrogens is 328 g/mol. The second kappa shape index (κ2) is 8.32. The fourth-order valence-electron chi connectivity index (χ4n) is 3.12. The van der Waals surface area contributed by atoms with Crippen molar-refractivity contribution in [3.8, 4) is 35.1 Å². The lowest BCUT2D eigenvalue weighted by Crippen LogP contribution is -2.16. The Morgan fingerprint density at radius 1 is 0.615 bits per heavy atom. The molecule has 1 heteroatoms. The quantitative estimate of drug-likeness (QED) is 0.403. The maximum Gasteiger partial charge on any atom is 0.129 e. The number of hydrogen-bond acceptors (Lipinski definition) is 0. The zero-order valence-corrected chi connectivity index (χ0v) is 17.1. The highest BCUT2D eigenvalue weighted by Crippen LogP contribution is 2.27. The summed E-state index contributed by atoms with van der Waals surface area (Å²) in [6.07, 6.45) is 6.67. The topological polar surface area (TPSA) is 0 Å². The fraction of sp³-hybridized carbons (Fsp3) is 0.360. The first-order valence-electron chi connectivity index (χ1n) is 9.57. The smallest absolute Gasteiger partial charge is 0.127 e. The van der Waals surface area contributed by atoms with Gasteiger partial charge in [-0.15, -0.1) is 5.54 Å². The summed E-state index contributed by atoms with van der Waals surface area (Å²) in [5.41, 5.74) is 9.60. The van der Waals surface area contributed by atoms with Gasteiger partial charge in [-0.3, -0.25) is 0 Å². The van der Waals surface area contributed by atoms with Crippen LogP contribution in [0.4, 0.5) is 0 Å². The van der Waals surface area contributed by atoms with Crippen molar-refractivity contribution in [3.63, 3.8) is 0 Å². The van der Waals surface area contributed by atoms with Gasteiger partial charge >= 0.3 is 0 Å². The van der Waals surface area contributed by atoms with E-state index in [4.69, 9.17) is 0 Å². The maximum absolute atomic E-state index is 3.50. The lowest BCUT2D eigenvalue weighted by molar-refractivity contribution is 0.908. The number of hydrogen-bond donors (Lipinski definition) is 0. The van der Waals surface area contributed by atoms with Crippen molar-refractivity contribution in [1.29, 1.82) is 0 Å². The molecular formula is C25H26Si. The highest BCUT2D eigenvalue weighted by Gasteiger charge is 2.14. The molecule has 0 radical (unpaired) electrons. The molecule has 0 amide bonds. The molecule has 0 spiro atoms. The van der Waals surface area contributed by atoms with Gasteiger partial charge in [0.1, 0.15) is 8.07 Å². The van der Waals surface area contributed by atoms with E-state index in [-0.39, 0.29) is 0 Å². The third-order valence-corrected chi connectivity index (χ3v) is 5.39. The van der Waals surface area contributed by atoms with Crippen LogP contribution in [0.25, 0.3) is 0 Å². The van der Waals surface area contributed by atoms with Crippen LogP contribution in [0.1, 0.15) is 44.1 Å². The summed E-state index contributed by atoms with van der Waals surface area (Å²) in [5, 5.41) is 0. The van der Waals surface area contributed by atoms with E-state index >= 15 is 0 Å². The largest absolute Gasteiger partial charge is 0.129 e. The second-order valence-electron chi connectivity index (χ2n) is 7.99. The van der Waals surface area contributed by atoms with Crippen LogP contribution in [-0.4, -0.2) is 8.07 Å². The molecule has 1 aromatic rings. The third kappa shape index (κ3) is 5.30. The van der Waals surface area contributed by atoms with Crippen molar-refractivity contribution >= 4 is 8.07 Å². The molecule has 0 atom stereocenters. The Morgan fingerprint density at radius 3 is 1.58 bits per heavy atom. The summed E-state index contributed by atoms with van der Waals surface area (Å²) in [7, 11) is -1.33. The van der Waals surface area contributed by atoms with Gasteiger partial charge in [0.25, 0.3) is 0 Å². The third-order valence-electron chi connectivity index (χ3n) is 4.52. The van der Waals surface area contributed by atoms with Crippen molar-refractivity contribution in [2.45, 2.75) is 58.2 Å². The molecule has 2 aliphatic carbocycles. The fourth-order valence-corrected chi connectivity index (χ4v) is 3.65. The van der Waals surface area contributed by atoms with Crippen LogP contribution in [0, 0.1) is 35.1 Å². The lowest BCUT2D eigenvalue weighted by atomic mass is 10.1. The molecule has 1 aromatic carbocycles. The van der Waals surface area contributed by atoms with Gasteiger partial charge in [0.05, 0.1) is 0 Å². The first kappa shape index (κ1) is 18.4. The van der Waals surface area contributed by atoms with E-state index in [1.165, 1.54) is 35.1 Å². The summed E-state index contributed by atoms with van der Waals surface area (Å²) in [5.74, 6) is 17.0. The lowest BCUT2D eigenvalue weighted by Gasteiger charge is -2.03.